The van der Waals surface area contributed by atoms with Crippen LogP contribution in [0, 0.1) is 0 Å². The number of nitrogens with one attached hydrogen (secondary N) is 2. The maximum Gasteiger partial charge on any atom is 0.319 e. The van der Waals surface area contributed by atoms with Gasteiger partial charge >= 0.3 is 6.03 Å². The van der Waals surface area contributed by atoms with Crippen molar-refractivity contribution in [2.45, 2.75) is 63.3 Å². The molecule has 6 nitrogen and oxygen atoms in total. The number of hydrogen-bond donors (Lipinski definition) is 2. The molecule has 7 heteroatoms. The lowest BCUT2D eigenvalue weighted by atomic mass is 9.98. The number of piperidine rings is 1. The number of urea groups is 1. The van der Waals surface area contributed by atoms with Gasteiger partial charge in [-0.1, -0.05) is 11.6 Å². The van der Waals surface area contributed by atoms with E-state index in [9.17, 15) is 4.79 Å². The van der Waals surface area contributed by atoms with Gasteiger partial charge in [-0.25, -0.2) is 4.79 Å². The molecular formula is C22H27ClN4O2. The number of rotatable bonds is 2. The quantitative estimate of drug-likeness (QED) is 0.760. The first-order chi connectivity index (χ1) is 13.8. The van der Waals surface area contributed by atoms with Gasteiger partial charge in [0.2, 0.25) is 0 Å². The zero-order valence-corrected chi connectivity index (χ0v) is 17.8. The third-order valence-electron chi connectivity index (χ3n) is 6.73. The highest BCUT2D eigenvalue weighted by Gasteiger charge is 2.39. The summed E-state index contributed by atoms with van der Waals surface area (Å²) >= 11 is 6.51. The Morgan fingerprint density at radius 3 is 2.66 bits per heavy atom. The van der Waals surface area contributed by atoms with Crippen molar-refractivity contribution >= 4 is 23.3 Å². The van der Waals surface area contributed by atoms with Crippen molar-refractivity contribution in [2.75, 3.05) is 12.4 Å². The van der Waals surface area contributed by atoms with Gasteiger partial charge in [0.1, 0.15) is 17.0 Å². The molecule has 0 spiro atoms. The minimum atomic E-state index is -0.461. The monoisotopic (exact) mass is 414 g/mol. The van der Waals surface area contributed by atoms with Crippen molar-refractivity contribution in [3.63, 3.8) is 0 Å². The van der Waals surface area contributed by atoms with E-state index >= 15 is 0 Å². The van der Waals surface area contributed by atoms with Gasteiger partial charge in [0.15, 0.2) is 0 Å². The number of fused-ring (bicyclic) bond motifs is 5. The molecule has 2 saturated heterocycles. The number of amides is 2. The molecule has 2 unspecified atom stereocenters. The molecule has 0 radical (unpaired) electrons. The highest BCUT2D eigenvalue weighted by Crippen LogP contribution is 2.45. The third kappa shape index (κ3) is 3.09. The Morgan fingerprint density at radius 2 is 1.93 bits per heavy atom. The van der Waals surface area contributed by atoms with Crippen molar-refractivity contribution in [3.8, 4) is 11.4 Å². The van der Waals surface area contributed by atoms with Gasteiger partial charge in [0.05, 0.1) is 16.4 Å². The van der Waals surface area contributed by atoms with E-state index in [-0.39, 0.29) is 12.1 Å². The van der Waals surface area contributed by atoms with E-state index in [0.717, 1.165) is 24.2 Å². The minimum Gasteiger partial charge on any atom is -0.479 e. The first-order valence-electron chi connectivity index (χ1n) is 10.3. The maximum absolute atomic E-state index is 12.9. The molecule has 0 saturated carbocycles. The second-order valence-electron chi connectivity index (χ2n) is 8.96. The van der Waals surface area contributed by atoms with E-state index in [1.165, 1.54) is 12.8 Å². The van der Waals surface area contributed by atoms with Crippen LogP contribution in [0.25, 0.3) is 5.69 Å². The van der Waals surface area contributed by atoms with E-state index < -0.39 is 5.60 Å². The summed E-state index contributed by atoms with van der Waals surface area (Å²) in [5.74, 6) is 0.704. The Labute approximate surface area is 176 Å². The number of ether oxygens (including phenoxy) is 1. The smallest absolute Gasteiger partial charge is 0.319 e. The van der Waals surface area contributed by atoms with Crippen molar-refractivity contribution in [1.29, 1.82) is 0 Å². The van der Waals surface area contributed by atoms with Crippen LogP contribution >= 0.6 is 11.6 Å². The van der Waals surface area contributed by atoms with Gasteiger partial charge < -0.3 is 24.8 Å². The van der Waals surface area contributed by atoms with Gasteiger partial charge in [-0.05, 0) is 70.8 Å². The topological polar surface area (TPSA) is 58.5 Å². The number of halogens is 1. The second kappa shape index (κ2) is 6.67. The number of benzene rings is 1. The van der Waals surface area contributed by atoms with Crippen LogP contribution in [0.4, 0.5) is 10.5 Å². The van der Waals surface area contributed by atoms with Crippen molar-refractivity contribution in [1.82, 2.24) is 14.8 Å². The highest BCUT2D eigenvalue weighted by atomic mass is 35.5. The Hall–Kier alpha value is -2.18. The fourth-order valence-electron chi connectivity index (χ4n) is 5.25. The van der Waals surface area contributed by atoms with E-state index in [1.54, 1.807) is 6.07 Å². The summed E-state index contributed by atoms with van der Waals surface area (Å²) in [5.41, 5.74) is 1.90. The molecular weight excluding hydrogens is 388 g/mol. The molecule has 2 amide bonds. The Morgan fingerprint density at radius 1 is 1.21 bits per heavy atom. The van der Waals surface area contributed by atoms with Crippen molar-refractivity contribution in [2.24, 2.45) is 0 Å². The van der Waals surface area contributed by atoms with Crippen LogP contribution in [0.15, 0.2) is 30.5 Å². The summed E-state index contributed by atoms with van der Waals surface area (Å²) in [6.07, 6.45) is 6.43. The summed E-state index contributed by atoms with van der Waals surface area (Å²) in [4.78, 5) is 15.3. The van der Waals surface area contributed by atoms with Crippen molar-refractivity contribution < 1.29 is 9.53 Å². The summed E-state index contributed by atoms with van der Waals surface area (Å²) in [6, 6.07) is 8.77. The fourth-order valence-corrected chi connectivity index (χ4v) is 5.45. The number of hydrogen-bond acceptors (Lipinski definition) is 3. The van der Waals surface area contributed by atoms with Crippen LogP contribution in [0.2, 0.25) is 5.02 Å². The molecule has 2 fully saturated rings. The van der Waals surface area contributed by atoms with Gasteiger partial charge in [-0.15, -0.1) is 0 Å². The Bertz CT molecular complexity index is 956. The van der Waals surface area contributed by atoms with E-state index in [1.807, 2.05) is 38.2 Å². The van der Waals surface area contributed by atoms with E-state index in [4.69, 9.17) is 16.3 Å². The van der Waals surface area contributed by atoms with Crippen molar-refractivity contribution in [3.05, 3.63) is 41.2 Å². The lowest BCUT2D eigenvalue weighted by Crippen LogP contribution is -2.49. The second-order valence-corrected chi connectivity index (χ2v) is 9.37. The molecule has 0 aliphatic carbocycles. The molecule has 2 N–H and O–H groups in total. The summed E-state index contributed by atoms with van der Waals surface area (Å²) < 4.78 is 8.27. The fraction of sp³-hybridized carbons (Fsp3) is 0.500. The Kier molecular flexibility index (Phi) is 4.33. The molecule has 1 aromatic heterocycles. The van der Waals surface area contributed by atoms with Crippen LogP contribution in [0.1, 0.15) is 45.2 Å². The number of nitrogens with zero attached hydrogens (tertiary/aromatic N) is 2. The largest absolute Gasteiger partial charge is 0.479 e. The van der Waals surface area contributed by atoms with Gasteiger partial charge in [-0.2, -0.15) is 0 Å². The average molecular weight is 415 g/mol. The third-order valence-corrected chi connectivity index (χ3v) is 7.05. The molecule has 2 aromatic rings. The molecule has 2 bridgehead atoms. The molecule has 29 heavy (non-hydrogen) atoms. The van der Waals surface area contributed by atoms with Crippen LogP contribution < -0.4 is 15.4 Å². The molecule has 3 aliphatic rings. The zero-order valence-electron chi connectivity index (χ0n) is 17.0. The first-order valence-corrected chi connectivity index (χ1v) is 10.7. The first kappa shape index (κ1) is 18.8. The zero-order chi connectivity index (χ0) is 20.3. The number of aromatic nitrogens is 1. The highest BCUT2D eigenvalue weighted by molar-refractivity contribution is 6.34. The van der Waals surface area contributed by atoms with Crippen LogP contribution in [-0.4, -0.2) is 40.7 Å². The van der Waals surface area contributed by atoms with Gasteiger partial charge in [-0.3, -0.25) is 0 Å². The maximum atomic E-state index is 12.9. The normalized spacial score (nSPS) is 27.0. The lowest BCUT2D eigenvalue weighted by Gasteiger charge is -2.37. The van der Waals surface area contributed by atoms with Gasteiger partial charge in [0, 0.05) is 24.3 Å². The summed E-state index contributed by atoms with van der Waals surface area (Å²) in [7, 11) is 2.20. The van der Waals surface area contributed by atoms with Crippen LogP contribution in [0.3, 0.4) is 0 Å². The summed E-state index contributed by atoms with van der Waals surface area (Å²) in [5, 5.41) is 6.67. The molecule has 3 aliphatic heterocycles. The van der Waals surface area contributed by atoms with E-state index in [2.05, 4.69) is 27.1 Å². The SMILES string of the molecule is CN1C2CCC1CC(NC(=O)Nc1c(Cl)ccc3c1-n1cccc1C(C)(C)O3)C2. The average Bonchev–Trinajstić information content (AvgIpc) is 3.21. The van der Waals surface area contributed by atoms with Gasteiger partial charge in [0.25, 0.3) is 0 Å². The standard InChI is InChI=1S/C22H27ClN4O2/c1-22(2)18-5-4-10-27(18)20-17(29-22)9-8-16(23)19(20)25-21(28)24-13-11-14-6-7-15(12-13)26(14)3/h4-5,8-10,13-15H,6-7,11-12H2,1-3H3,(H2,24,25,28). The van der Waals surface area contributed by atoms with Crippen LogP contribution in [0.5, 0.6) is 5.75 Å². The van der Waals surface area contributed by atoms with E-state index in [0.29, 0.717) is 28.5 Å². The Balaban J connectivity index is 1.40. The minimum absolute atomic E-state index is 0.194. The molecule has 1 aromatic carbocycles. The molecule has 4 heterocycles. The lowest BCUT2D eigenvalue weighted by molar-refractivity contribution is 0.0926. The molecule has 2 atom stereocenters. The molecule has 154 valence electrons. The molecule has 5 rings (SSSR count). The predicted molar refractivity (Wildman–Crippen MR) is 114 cm³/mol. The number of carbonyl (C=O) groups is 1. The van der Waals surface area contributed by atoms with Crippen LogP contribution in [-0.2, 0) is 5.60 Å². The summed E-state index contributed by atoms with van der Waals surface area (Å²) in [6.45, 7) is 4.06. The number of anilines is 1. The number of carbonyl (C=O) groups excluding carboxylic acids is 1. The predicted octanol–water partition coefficient (Wildman–Crippen LogP) is 4.50.